The van der Waals surface area contributed by atoms with Gasteiger partial charge in [0, 0.05) is 19.0 Å². The van der Waals surface area contributed by atoms with Crippen LogP contribution in [-0.4, -0.2) is 35.0 Å². The molecule has 1 aromatic carbocycles. The largest absolute Gasteiger partial charge is 0.481 e. The molecule has 24 heavy (non-hydrogen) atoms. The van der Waals surface area contributed by atoms with E-state index in [4.69, 9.17) is 0 Å². The predicted molar refractivity (Wildman–Crippen MR) is 93.3 cm³/mol. The fourth-order valence-corrected chi connectivity index (χ4v) is 3.65. The summed E-state index contributed by atoms with van der Waals surface area (Å²) in [5.41, 5.74) is 0.222. The summed E-state index contributed by atoms with van der Waals surface area (Å²) in [6.45, 7) is 1.05. The van der Waals surface area contributed by atoms with Gasteiger partial charge in [-0.2, -0.15) is 0 Å². The molecule has 2 fully saturated rings. The Balaban J connectivity index is 1.69. The third-order valence-corrected chi connectivity index (χ3v) is 5.42. The molecule has 1 saturated carbocycles. The van der Waals surface area contributed by atoms with Crippen LogP contribution in [0.2, 0.25) is 0 Å². The van der Waals surface area contributed by atoms with Crippen LogP contribution in [0.5, 0.6) is 0 Å². The second-order valence-electron chi connectivity index (χ2n) is 7.09. The average Bonchev–Trinajstić information content (AvgIpc) is 2.54. The molecule has 1 unspecified atom stereocenters. The van der Waals surface area contributed by atoms with Gasteiger partial charge in [0.25, 0.3) is 0 Å². The molecule has 1 saturated heterocycles. The minimum Gasteiger partial charge on any atom is -0.481 e. The van der Waals surface area contributed by atoms with Crippen LogP contribution in [-0.2, 0) is 9.59 Å². The Kier molecular flexibility index (Phi) is 5.03. The van der Waals surface area contributed by atoms with Gasteiger partial charge in [0.1, 0.15) is 0 Å². The summed E-state index contributed by atoms with van der Waals surface area (Å²) < 4.78 is 0. The lowest BCUT2D eigenvalue weighted by molar-refractivity contribution is -0.156. The van der Waals surface area contributed by atoms with E-state index in [-0.39, 0.29) is 11.8 Å². The quantitative estimate of drug-likeness (QED) is 0.899. The van der Waals surface area contributed by atoms with E-state index in [2.05, 4.69) is 0 Å². The molecule has 1 atom stereocenters. The van der Waals surface area contributed by atoms with Crippen LogP contribution in [0.15, 0.2) is 36.4 Å². The molecule has 1 N–H and O–H groups in total. The first-order chi connectivity index (χ1) is 11.6. The highest BCUT2D eigenvalue weighted by molar-refractivity contribution is 5.82. The number of amides is 1. The summed E-state index contributed by atoms with van der Waals surface area (Å²) in [6, 6.07) is 9.88. The Morgan fingerprint density at radius 1 is 1.21 bits per heavy atom. The zero-order valence-corrected chi connectivity index (χ0v) is 14.0. The maximum absolute atomic E-state index is 12.5. The minimum atomic E-state index is -0.844. The highest BCUT2D eigenvalue weighted by atomic mass is 16.4. The molecular formula is C20H25NO3. The summed E-state index contributed by atoms with van der Waals surface area (Å²) in [6.07, 6.45) is 8.82. The lowest BCUT2D eigenvalue weighted by atomic mass is 9.75. The van der Waals surface area contributed by atoms with E-state index in [0.29, 0.717) is 25.9 Å². The number of carbonyl (C=O) groups excluding carboxylic acids is 1. The van der Waals surface area contributed by atoms with Crippen LogP contribution in [0, 0.1) is 11.3 Å². The maximum Gasteiger partial charge on any atom is 0.311 e. The molecule has 4 heteroatoms. The number of rotatable bonds is 5. The van der Waals surface area contributed by atoms with Crippen molar-refractivity contribution >= 4 is 18.0 Å². The van der Waals surface area contributed by atoms with Crippen molar-refractivity contribution in [2.45, 2.75) is 38.5 Å². The van der Waals surface area contributed by atoms with E-state index in [1.54, 1.807) is 4.90 Å². The molecule has 1 aromatic rings. The third-order valence-electron chi connectivity index (χ3n) is 5.42. The number of carbonyl (C=O) groups is 2. The zero-order chi connectivity index (χ0) is 17.0. The number of carboxylic acids is 1. The number of hydrogen-bond donors (Lipinski definition) is 1. The van der Waals surface area contributed by atoms with Crippen molar-refractivity contribution in [2.75, 3.05) is 13.1 Å². The van der Waals surface area contributed by atoms with Crippen LogP contribution < -0.4 is 0 Å². The van der Waals surface area contributed by atoms with Gasteiger partial charge >= 0.3 is 5.97 Å². The number of allylic oxidation sites excluding steroid dienone is 1. The lowest BCUT2D eigenvalue weighted by Crippen LogP contribution is -2.51. The molecule has 0 radical (unpaired) electrons. The molecule has 0 aromatic heterocycles. The monoisotopic (exact) mass is 327 g/mol. The molecule has 1 heterocycles. The molecule has 4 nitrogen and oxygen atoms in total. The second-order valence-corrected chi connectivity index (χ2v) is 7.09. The summed E-state index contributed by atoms with van der Waals surface area (Å²) >= 11 is 0. The van der Waals surface area contributed by atoms with E-state index >= 15 is 0 Å². The van der Waals surface area contributed by atoms with E-state index in [1.807, 2.05) is 42.5 Å². The molecule has 1 aliphatic carbocycles. The van der Waals surface area contributed by atoms with Gasteiger partial charge in [0.05, 0.1) is 5.41 Å². The van der Waals surface area contributed by atoms with Gasteiger partial charge in [-0.05, 0) is 37.7 Å². The Bertz CT molecular complexity index is 621. The first-order valence-corrected chi connectivity index (χ1v) is 8.84. The average molecular weight is 327 g/mol. The molecule has 1 aliphatic heterocycles. The predicted octanol–water partition coefficient (Wildman–Crippen LogP) is 3.58. The number of nitrogens with zero attached hydrogens (tertiary/aromatic N) is 1. The van der Waals surface area contributed by atoms with Crippen molar-refractivity contribution in [3.63, 3.8) is 0 Å². The highest BCUT2D eigenvalue weighted by Gasteiger charge is 2.44. The molecule has 1 amide bonds. The van der Waals surface area contributed by atoms with Gasteiger partial charge in [0.15, 0.2) is 0 Å². The summed E-state index contributed by atoms with van der Waals surface area (Å²) in [4.78, 5) is 26.3. The molecular weight excluding hydrogens is 302 g/mol. The van der Waals surface area contributed by atoms with Crippen LogP contribution in [0.25, 0.3) is 6.08 Å². The lowest BCUT2D eigenvalue weighted by Gasteiger charge is -2.42. The molecule has 128 valence electrons. The van der Waals surface area contributed by atoms with Gasteiger partial charge in [-0.15, -0.1) is 0 Å². The summed E-state index contributed by atoms with van der Waals surface area (Å²) in [7, 11) is 0. The molecule has 3 rings (SSSR count). The van der Waals surface area contributed by atoms with E-state index in [9.17, 15) is 14.7 Å². The topological polar surface area (TPSA) is 57.6 Å². The van der Waals surface area contributed by atoms with E-state index < -0.39 is 11.4 Å². The van der Waals surface area contributed by atoms with Crippen molar-refractivity contribution in [1.29, 1.82) is 0 Å². The van der Waals surface area contributed by atoms with E-state index in [1.165, 1.54) is 0 Å². The fourth-order valence-electron chi connectivity index (χ4n) is 3.65. The summed E-state index contributed by atoms with van der Waals surface area (Å²) in [5.74, 6) is -0.487. The summed E-state index contributed by atoms with van der Waals surface area (Å²) in [5, 5.41) is 9.82. The Hall–Kier alpha value is -2.10. The van der Waals surface area contributed by atoms with Gasteiger partial charge < -0.3 is 10.0 Å². The maximum atomic E-state index is 12.5. The highest BCUT2D eigenvalue weighted by Crippen LogP contribution is 2.37. The SMILES string of the molecule is O=C(C1CCC1)N1CCCC(C/C=C/c2ccccc2)(C(=O)O)C1. The number of piperidine rings is 1. The number of benzene rings is 1. The molecule has 0 bridgehead atoms. The third kappa shape index (κ3) is 3.53. The fraction of sp³-hybridized carbons (Fsp3) is 0.500. The van der Waals surface area contributed by atoms with Gasteiger partial charge in [-0.1, -0.05) is 48.9 Å². The number of carboxylic acid groups (broad SMARTS) is 1. The first-order valence-electron chi connectivity index (χ1n) is 8.84. The van der Waals surface area contributed by atoms with Crippen molar-refractivity contribution in [3.8, 4) is 0 Å². The minimum absolute atomic E-state index is 0.134. The van der Waals surface area contributed by atoms with Crippen LogP contribution >= 0.6 is 0 Å². The van der Waals surface area contributed by atoms with Crippen LogP contribution in [0.4, 0.5) is 0 Å². The first kappa shape index (κ1) is 16.7. The van der Waals surface area contributed by atoms with Crippen molar-refractivity contribution < 1.29 is 14.7 Å². The Morgan fingerprint density at radius 2 is 1.96 bits per heavy atom. The van der Waals surface area contributed by atoms with Crippen molar-refractivity contribution in [1.82, 2.24) is 4.90 Å². The smallest absolute Gasteiger partial charge is 0.311 e. The van der Waals surface area contributed by atoms with Crippen molar-refractivity contribution in [2.24, 2.45) is 11.3 Å². The second kappa shape index (κ2) is 7.20. The normalized spacial score (nSPS) is 24.8. The van der Waals surface area contributed by atoms with Gasteiger partial charge in [-0.3, -0.25) is 9.59 Å². The number of likely N-dealkylation sites (tertiary alicyclic amines) is 1. The van der Waals surface area contributed by atoms with Crippen LogP contribution in [0.1, 0.15) is 44.1 Å². The van der Waals surface area contributed by atoms with Crippen LogP contribution in [0.3, 0.4) is 0 Å². The van der Waals surface area contributed by atoms with Gasteiger partial charge in [0.2, 0.25) is 5.91 Å². The number of aliphatic carboxylic acids is 1. The molecule has 0 spiro atoms. The zero-order valence-electron chi connectivity index (χ0n) is 14.0. The van der Waals surface area contributed by atoms with Gasteiger partial charge in [-0.25, -0.2) is 0 Å². The van der Waals surface area contributed by atoms with Crippen molar-refractivity contribution in [3.05, 3.63) is 42.0 Å². The number of hydrogen-bond acceptors (Lipinski definition) is 2. The Labute approximate surface area is 143 Å². The standard InChI is InChI=1S/C20H25NO3/c22-18(17-10-4-11-17)21-14-6-13-20(15-21,19(23)24)12-5-9-16-7-2-1-3-8-16/h1-3,5,7-9,17H,4,6,10-15H2,(H,23,24)/b9-5+. The Morgan fingerprint density at radius 3 is 2.58 bits per heavy atom. The molecule has 2 aliphatic rings. The van der Waals surface area contributed by atoms with E-state index in [0.717, 1.165) is 31.2 Å².